The molecular weight excluding hydrogens is 204 g/mol. The fourth-order valence-corrected chi connectivity index (χ4v) is 1.92. The smallest absolute Gasteiger partial charge is 0.230 e. The molecule has 1 saturated carbocycles. The molecule has 0 radical (unpaired) electrons. The molecule has 2 aliphatic rings. The van der Waals surface area contributed by atoms with Gasteiger partial charge in [-0.25, -0.2) is 0 Å². The maximum atomic E-state index is 11.8. The van der Waals surface area contributed by atoms with Crippen LogP contribution in [0, 0.1) is 5.41 Å². The van der Waals surface area contributed by atoms with Crippen molar-refractivity contribution in [3.05, 3.63) is 0 Å². The summed E-state index contributed by atoms with van der Waals surface area (Å²) in [7, 11) is 0. The minimum absolute atomic E-state index is 0. The van der Waals surface area contributed by atoms with Crippen LogP contribution in [0.25, 0.3) is 0 Å². The van der Waals surface area contributed by atoms with Crippen LogP contribution in [-0.4, -0.2) is 41.7 Å². The van der Waals surface area contributed by atoms with Crippen LogP contribution < -0.4 is 5.73 Å². The molecule has 1 aliphatic carbocycles. The highest BCUT2D eigenvalue weighted by Crippen LogP contribution is 2.46. The van der Waals surface area contributed by atoms with E-state index in [2.05, 4.69) is 0 Å². The van der Waals surface area contributed by atoms with E-state index in [0.29, 0.717) is 26.1 Å². The van der Waals surface area contributed by atoms with E-state index in [1.807, 2.05) is 0 Å². The Kier molecular flexibility index (Phi) is 3.40. The van der Waals surface area contributed by atoms with Crippen LogP contribution in [0.3, 0.4) is 0 Å². The highest BCUT2D eigenvalue weighted by molar-refractivity contribution is 5.86. The molecule has 2 fully saturated rings. The average molecular weight is 221 g/mol. The number of likely N-dealkylation sites (tertiary alicyclic amines) is 1. The second kappa shape index (κ2) is 4.04. The molecule has 3 N–H and O–H groups in total. The van der Waals surface area contributed by atoms with Gasteiger partial charge in [0.1, 0.15) is 0 Å². The molecule has 1 saturated heterocycles. The van der Waals surface area contributed by atoms with Gasteiger partial charge in [-0.05, 0) is 19.3 Å². The Morgan fingerprint density at radius 1 is 1.57 bits per heavy atom. The molecule has 14 heavy (non-hydrogen) atoms. The lowest BCUT2D eigenvalue weighted by atomic mass is 10.1. The Balaban J connectivity index is 0.000000980. The number of halogens is 1. The van der Waals surface area contributed by atoms with E-state index in [1.54, 1.807) is 4.90 Å². The largest absolute Gasteiger partial charge is 0.391 e. The highest BCUT2D eigenvalue weighted by Gasteiger charge is 2.51. The van der Waals surface area contributed by atoms with Crippen LogP contribution in [0.5, 0.6) is 0 Å². The summed E-state index contributed by atoms with van der Waals surface area (Å²) in [5, 5.41) is 9.28. The second-order valence-corrected chi connectivity index (χ2v) is 4.18. The number of β-amino-alcohol motifs (C(OH)–C–C–N with tert-alkyl or cyclic N) is 1. The van der Waals surface area contributed by atoms with Gasteiger partial charge in [-0.15, -0.1) is 12.4 Å². The maximum absolute atomic E-state index is 11.8. The van der Waals surface area contributed by atoms with Gasteiger partial charge in [0.2, 0.25) is 5.91 Å². The standard InChI is InChI=1S/C9H16N2O2.ClH/c10-6-9(2-3-9)8(13)11-4-1-7(12)5-11;/h7,12H,1-6,10H2;1H/t7-;/m1./s1. The normalized spacial score (nSPS) is 28.4. The number of hydrogen-bond donors (Lipinski definition) is 2. The molecule has 82 valence electrons. The molecule has 0 bridgehead atoms. The minimum Gasteiger partial charge on any atom is -0.391 e. The van der Waals surface area contributed by atoms with E-state index < -0.39 is 0 Å². The Hall–Kier alpha value is -0.320. The van der Waals surface area contributed by atoms with Gasteiger partial charge in [0, 0.05) is 19.6 Å². The van der Waals surface area contributed by atoms with Crippen molar-refractivity contribution in [2.24, 2.45) is 11.1 Å². The van der Waals surface area contributed by atoms with E-state index >= 15 is 0 Å². The van der Waals surface area contributed by atoms with E-state index in [9.17, 15) is 9.90 Å². The first-order valence-corrected chi connectivity index (χ1v) is 4.85. The van der Waals surface area contributed by atoms with E-state index in [4.69, 9.17) is 5.73 Å². The quantitative estimate of drug-likeness (QED) is 0.674. The molecule has 1 amide bonds. The summed E-state index contributed by atoms with van der Waals surface area (Å²) in [6.45, 7) is 1.65. The summed E-state index contributed by atoms with van der Waals surface area (Å²) in [5.74, 6) is 0.159. The van der Waals surface area contributed by atoms with E-state index in [-0.39, 0.29) is 29.8 Å². The maximum Gasteiger partial charge on any atom is 0.230 e. The highest BCUT2D eigenvalue weighted by atomic mass is 35.5. The molecule has 1 atom stereocenters. The molecule has 0 spiro atoms. The fraction of sp³-hybridized carbons (Fsp3) is 0.889. The first-order chi connectivity index (χ1) is 6.18. The summed E-state index contributed by atoms with van der Waals surface area (Å²) >= 11 is 0. The van der Waals surface area contributed by atoms with Crippen molar-refractivity contribution < 1.29 is 9.90 Å². The zero-order valence-electron chi connectivity index (χ0n) is 8.11. The number of carbonyl (C=O) groups excluding carboxylic acids is 1. The van der Waals surface area contributed by atoms with Gasteiger partial charge >= 0.3 is 0 Å². The van der Waals surface area contributed by atoms with Crippen LogP contribution in [0.15, 0.2) is 0 Å². The van der Waals surface area contributed by atoms with Crippen LogP contribution in [-0.2, 0) is 4.79 Å². The van der Waals surface area contributed by atoms with Crippen molar-refractivity contribution in [3.63, 3.8) is 0 Å². The van der Waals surface area contributed by atoms with Gasteiger partial charge in [-0.3, -0.25) is 4.79 Å². The topological polar surface area (TPSA) is 66.6 Å². The summed E-state index contributed by atoms with van der Waals surface area (Å²) in [4.78, 5) is 13.6. The van der Waals surface area contributed by atoms with Crippen molar-refractivity contribution in [2.45, 2.75) is 25.4 Å². The number of nitrogens with two attached hydrogens (primary N) is 1. The predicted molar refractivity (Wildman–Crippen MR) is 55.2 cm³/mol. The minimum atomic E-state index is -0.322. The monoisotopic (exact) mass is 220 g/mol. The molecule has 0 unspecified atom stereocenters. The summed E-state index contributed by atoms with van der Waals surface area (Å²) < 4.78 is 0. The number of amides is 1. The zero-order valence-corrected chi connectivity index (χ0v) is 8.92. The zero-order chi connectivity index (χ0) is 9.47. The Bertz CT molecular complexity index is 231. The first-order valence-electron chi connectivity index (χ1n) is 4.85. The van der Waals surface area contributed by atoms with Gasteiger partial charge in [0.15, 0.2) is 0 Å². The fourth-order valence-electron chi connectivity index (χ4n) is 1.92. The average Bonchev–Trinajstić information content (AvgIpc) is 2.82. The molecule has 1 heterocycles. The SMILES string of the molecule is Cl.NCC1(C(=O)N2CC[C@@H](O)C2)CC1. The van der Waals surface area contributed by atoms with Gasteiger partial charge in [-0.2, -0.15) is 0 Å². The third-order valence-corrected chi connectivity index (χ3v) is 3.15. The molecular formula is C9H17ClN2O2. The number of aliphatic hydroxyl groups is 1. The Morgan fingerprint density at radius 3 is 2.57 bits per heavy atom. The van der Waals surface area contributed by atoms with E-state index in [1.165, 1.54) is 0 Å². The van der Waals surface area contributed by atoms with Gasteiger partial charge in [0.25, 0.3) is 0 Å². The van der Waals surface area contributed by atoms with Crippen molar-refractivity contribution in [1.82, 2.24) is 4.90 Å². The van der Waals surface area contributed by atoms with Crippen molar-refractivity contribution in [2.75, 3.05) is 19.6 Å². The van der Waals surface area contributed by atoms with Crippen molar-refractivity contribution in [1.29, 1.82) is 0 Å². The Morgan fingerprint density at radius 2 is 2.21 bits per heavy atom. The van der Waals surface area contributed by atoms with Crippen LogP contribution in [0.4, 0.5) is 0 Å². The third-order valence-electron chi connectivity index (χ3n) is 3.15. The van der Waals surface area contributed by atoms with Crippen LogP contribution in [0.1, 0.15) is 19.3 Å². The van der Waals surface area contributed by atoms with Crippen molar-refractivity contribution >= 4 is 18.3 Å². The van der Waals surface area contributed by atoms with E-state index in [0.717, 1.165) is 12.8 Å². The summed E-state index contributed by atoms with van der Waals surface area (Å²) in [6, 6.07) is 0. The number of hydrogen-bond acceptors (Lipinski definition) is 3. The van der Waals surface area contributed by atoms with Gasteiger partial charge < -0.3 is 15.7 Å². The molecule has 5 heteroatoms. The molecule has 2 rings (SSSR count). The number of nitrogens with zero attached hydrogens (tertiary/aromatic N) is 1. The lowest BCUT2D eigenvalue weighted by Crippen LogP contribution is -2.39. The molecule has 0 aromatic heterocycles. The molecule has 1 aliphatic heterocycles. The third kappa shape index (κ3) is 1.87. The number of aliphatic hydroxyl groups excluding tert-OH is 1. The predicted octanol–water partition coefficient (Wildman–Crippen LogP) is -0.260. The van der Waals surface area contributed by atoms with Crippen LogP contribution >= 0.6 is 12.4 Å². The number of carbonyl (C=O) groups is 1. The lowest BCUT2D eigenvalue weighted by Gasteiger charge is -2.21. The summed E-state index contributed by atoms with van der Waals surface area (Å²) in [5.41, 5.74) is 5.32. The van der Waals surface area contributed by atoms with Gasteiger partial charge in [0.05, 0.1) is 11.5 Å². The first kappa shape index (κ1) is 11.8. The van der Waals surface area contributed by atoms with Crippen LogP contribution in [0.2, 0.25) is 0 Å². The number of rotatable bonds is 2. The second-order valence-electron chi connectivity index (χ2n) is 4.18. The van der Waals surface area contributed by atoms with Gasteiger partial charge in [-0.1, -0.05) is 0 Å². The molecule has 4 nitrogen and oxygen atoms in total. The Labute approximate surface area is 89.9 Å². The van der Waals surface area contributed by atoms with Crippen molar-refractivity contribution in [3.8, 4) is 0 Å². The summed E-state index contributed by atoms with van der Waals surface area (Å²) in [6.07, 6.45) is 2.24. The lowest BCUT2D eigenvalue weighted by molar-refractivity contribution is -0.135. The molecule has 0 aromatic rings. The molecule has 0 aromatic carbocycles.